The van der Waals surface area contributed by atoms with Gasteiger partial charge < -0.3 is 10.2 Å². The summed E-state index contributed by atoms with van der Waals surface area (Å²) in [5, 5.41) is 18.9. The molecule has 1 aliphatic heterocycles. The first-order valence-corrected chi connectivity index (χ1v) is 4.37. The van der Waals surface area contributed by atoms with Crippen molar-refractivity contribution in [3.8, 4) is 0 Å². The van der Waals surface area contributed by atoms with Crippen LogP contribution in [-0.4, -0.2) is 34.1 Å². The molecule has 1 heterocycles. The number of piperidine rings is 1. The zero-order valence-corrected chi connectivity index (χ0v) is 7.03. The molecule has 0 aliphatic carbocycles. The first-order valence-electron chi connectivity index (χ1n) is 4.37. The van der Waals surface area contributed by atoms with Crippen LogP contribution in [0.2, 0.25) is 0 Å². The van der Waals surface area contributed by atoms with Crippen molar-refractivity contribution in [1.29, 1.82) is 0 Å². The van der Waals surface area contributed by atoms with Crippen molar-refractivity contribution in [2.75, 3.05) is 6.54 Å². The molecule has 2 unspecified atom stereocenters. The molecule has 11 heavy (non-hydrogen) atoms. The molecule has 0 aromatic carbocycles. The number of nitrogens with zero attached hydrogens (tertiary/aromatic N) is 1. The Morgan fingerprint density at radius 2 is 1.82 bits per heavy atom. The molecule has 1 fully saturated rings. The molecule has 0 aromatic rings. The Balaban J connectivity index is 2.41. The normalized spacial score (nSPS) is 34.1. The molecule has 0 aromatic heterocycles. The maximum atomic E-state index is 9.44. The van der Waals surface area contributed by atoms with Gasteiger partial charge in [0.15, 0.2) is 0 Å². The molecule has 0 amide bonds. The highest BCUT2D eigenvalue weighted by atomic mass is 16.3. The Bertz CT molecular complexity index is 109. The summed E-state index contributed by atoms with van der Waals surface area (Å²) >= 11 is 0. The lowest BCUT2D eigenvalue weighted by Crippen LogP contribution is -2.46. The summed E-state index contributed by atoms with van der Waals surface area (Å²) < 4.78 is 0. The minimum atomic E-state index is -0.418. The lowest BCUT2D eigenvalue weighted by Gasteiger charge is -2.36. The molecule has 2 atom stereocenters. The van der Waals surface area contributed by atoms with E-state index in [0.717, 1.165) is 32.2 Å². The average Bonchev–Trinajstić information content (AvgIpc) is 1.97. The van der Waals surface area contributed by atoms with Gasteiger partial charge in [0.1, 0.15) is 12.5 Å². The summed E-state index contributed by atoms with van der Waals surface area (Å²) in [6, 6.07) is 0. The number of rotatable bonds is 2. The third-order valence-electron chi connectivity index (χ3n) is 2.17. The molecule has 3 nitrogen and oxygen atoms in total. The lowest BCUT2D eigenvalue weighted by molar-refractivity contribution is -0.130. The second-order valence-electron chi connectivity index (χ2n) is 3.13. The highest BCUT2D eigenvalue weighted by Gasteiger charge is 2.26. The van der Waals surface area contributed by atoms with Crippen molar-refractivity contribution < 1.29 is 10.2 Å². The molecule has 2 N–H and O–H groups in total. The van der Waals surface area contributed by atoms with Gasteiger partial charge in [0.25, 0.3) is 0 Å². The van der Waals surface area contributed by atoms with E-state index in [9.17, 15) is 10.2 Å². The van der Waals surface area contributed by atoms with Crippen LogP contribution in [0.4, 0.5) is 0 Å². The molecule has 0 saturated carbocycles. The molecule has 3 heteroatoms. The van der Waals surface area contributed by atoms with Crippen molar-refractivity contribution in [2.24, 2.45) is 0 Å². The number of hydrogen-bond acceptors (Lipinski definition) is 3. The minimum Gasteiger partial charge on any atom is -0.378 e. The molecule has 0 radical (unpaired) electrons. The summed E-state index contributed by atoms with van der Waals surface area (Å²) in [6.45, 7) is 2.84. The fourth-order valence-electron chi connectivity index (χ4n) is 1.57. The fraction of sp³-hybridized carbons (Fsp3) is 1.00. The second kappa shape index (κ2) is 4.04. The zero-order valence-electron chi connectivity index (χ0n) is 7.03. The second-order valence-corrected chi connectivity index (χ2v) is 3.13. The number of aliphatic hydroxyl groups is 2. The standard InChI is InChI=1S/C8H17NO2/c1-2-6-9-7(10)4-3-5-8(9)11/h7-8,10-11H,2-6H2,1H3. The van der Waals surface area contributed by atoms with Gasteiger partial charge in [-0.25, -0.2) is 0 Å². The van der Waals surface area contributed by atoms with Gasteiger partial charge in [0, 0.05) is 6.54 Å². The summed E-state index contributed by atoms with van der Waals surface area (Å²) in [7, 11) is 0. The monoisotopic (exact) mass is 159 g/mol. The lowest BCUT2D eigenvalue weighted by atomic mass is 10.1. The predicted octanol–water partition coefficient (Wildman–Crippen LogP) is 0.519. The molecular weight excluding hydrogens is 142 g/mol. The van der Waals surface area contributed by atoms with Crippen molar-refractivity contribution >= 4 is 0 Å². The van der Waals surface area contributed by atoms with Crippen LogP contribution < -0.4 is 0 Å². The Labute approximate surface area is 67.6 Å². The van der Waals surface area contributed by atoms with Crippen molar-refractivity contribution in [3.63, 3.8) is 0 Å². The topological polar surface area (TPSA) is 43.7 Å². The van der Waals surface area contributed by atoms with Gasteiger partial charge in [-0.05, 0) is 25.7 Å². The molecule has 1 aliphatic rings. The summed E-state index contributed by atoms with van der Waals surface area (Å²) in [4.78, 5) is 1.77. The van der Waals surface area contributed by atoms with Crippen molar-refractivity contribution in [1.82, 2.24) is 4.90 Å². The van der Waals surface area contributed by atoms with E-state index in [0.29, 0.717) is 0 Å². The van der Waals surface area contributed by atoms with E-state index in [1.54, 1.807) is 4.90 Å². The third-order valence-corrected chi connectivity index (χ3v) is 2.17. The Morgan fingerprint density at radius 1 is 1.27 bits per heavy atom. The van der Waals surface area contributed by atoms with E-state index < -0.39 is 12.5 Å². The van der Waals surface area contributed by atoms with Crippen molar-refractivity contribution in [2.45, 2.75) is 45.1 Å². The molecule has 1 rings (SSSR count). The van der Waals surface area contributed by atoms with E-state index in [1.165, 1.54) is 0 Å². The molecular formula is C8H17NO2. The van der Waals surface area contributed by atoms with Gasteiger partial charge in [-0.1, -0.05) is 6.92 Å². The average molecular weight is 159 g/mol. The van der Waals surface area contributed by atoms with Gasteiger partial charge in [0.05, 0.1) is 0 Å². The van der Waals surface area contributed by atoms with Crippen LogP contribution in [0.25, 0.3) is 0 Å². The summed E-state index contributed by atoms with van der Waals surface area (Å²) in [5.41, 5.74) is 0. The predicted molar refractivity (Wildman–Crippen MR) is 42.9 cm³/mol. The van der Waals surface area contributed by atoms with Gasteiger partial charge >= 0.3 is 0 Å². The number of hydrogen-bond donors (Lipinski definition) is 2. The van der Waals surface area contributed by atoms with Crippen LogP contribution in [0.1, 0.15) is 32.6 Å². The highest BCUT2D eigenvalue weighted by Crippen LogP contribution is 2.19. The first-order chi connectivity index (χ1) is 5.25. The first kappa shape index (κ1) is 8.97. The smallest absolute Gasteiger partial charge is 0.109 e. The molecule has 0 bridgehead atoms. The fourth-order valence-corrected chi connectivity index (χ4v) is 1.57. The van der Waals surface area contributed by atoms with Crippen LogP contribution in [0.3, 0.4) is 0 Å². The maximum Gasteiger partial charge on any atom is 0.109 e. The van der Waals surface area contributed by atoms with Crippen molar-refractivity contribution in [3.05, 3.63) is 0 Å². The van der Waals surface area contributed by atoms with Crippen LogP contribution in [0, 0.1) is 0 Å². The molecule has 0 spiro atoms. The largest absolute Gasteiger partial charge is 0.378 e. The maximum absolute atomic E-state index is 9.44. The van der Waals surface area contributed by atoms with E-state index in [-0.39, 0.29) is 0 Å². The highest BCUT2D eigenvalue weighted by molar-refractivity contribution is 4.71. The minimum absolute atomic E-state index is 0.418. The summed E-state index contributed by atoms with van der Waals surface area (Å²) in [5.74, 6) is 0. The van der Waals surface area contributed by atoms with Crippen LogP contribution in [0.5, 0.6) is 0 Å². The van der Waals surface area contributed by atoms with Gasteiger partial charge in [0.2, 0.25) is 0 Å². The summed E-state index contributed by atoms with van der Waals surface area (Å²) in [6.07, 6.45) is 2.68. The van der Waals surface area contributed by atoms with Crippen LogP contribution in [0.15, 0.2) is 0 Å². The van der Waals surface area contributed by atoms with Gasteiger partial charge in [-0.2, -0.15) is 0 Å². The Morgan fingerprint density at radius 3 is 2.27 bits per heavy atom. The van der Waals surface area contributed by atoms with Crippen LogP contribution >= 0.6 is 0 Å². The number of aliphatic hydroxyl groups excluding tert-OH is 2. The Kier molecular flexibility index (Phi) is 3.30. The van der Waals surface area contributed by atoms with E-state index in [2.05, 4.69) is 0 Å². The van der Waals surface area contributed by atoms with Crippen LogP contribution in [-0.2, 0) is 0 Å². The zero-order chi connectivity index (χ0) is 8.27. The Hall–Kier alpha value is -0.120. The van der Waals surface area contributed by atoms with Gasteiger partial charge in [-0.15, -0.1) is 0 Å². The van der Waals surface area contributed by atoms with E-state index in [4.69, 9.17) is 0 Å². The molecule has 66 valence electrons. The third kappa shape index (κ3) is 2.15. The van der Waals surface area contributed by atoms with E-state index >= 15 is 0 Å². The molecule has 1 saturated heterocycles. The number of likely N-dealkylation sites (tertiary alicyclic amines) is 1. The quantitative estimate of drug-likeness (QED) is 0.617. The van der Waals surface area contributed by atoms with E-state index in [1.807, 2.05) is 6.92 Å². The van der Waals surface area contributed by atoms with Gasteiger partial charge in [-0.3, -0.25) is 4.90 Å². The SMILES string of the molecule is CCCN1C(O)CCCC1O.